The summed E-state index contributed by atoms with van der Waals surface area (Å²) in [5.41, 5.74) is 2.75. The maximum Gasteiger partial charge on any atom is 0.255 e. The minimum absolute atomic E-state index is 0.0802. The molecule has 0 aromatic heterocycles. The maximum atomic E-state index is 13.6. The van der Waals surface area contributed by atoms with Gasteiger partial charge in [-0.05, 0) is 44.5 Å². The predicted molar refractivity (Wildman–Crippen MR) is 119 cm³/mol. The van der Waals surface area contributed by atoms with Gasteiger partial charge < -0.3 is 30.9 Å². The van der Waals surface area contributed by atoms with Crippen molar-refractivity contribution in [2.45, 2.75) is 30.9 Å². The van der Waals surface area contributed by atoms with Gasteiger partial charge in [0.05, 0.1) is 18.2 Å². The molecule has 0 aliphatic heterocycles. The van der Waals surface area contributed by atoms with Gasteiger partial charge in [0.15, 0.2) is 11.4 Å². The fraction of sp³-hybridized carbons (Fsp3) is 0.458. The first-order chi connectivity index (χ1) is 16.0. The van der Waals surface area contributed by atoms with Crippen molar-refractivity contribution in [2.24, 2.45) is 17.6 Å². The van der Waals surface area contributed by atoms with E-state index in [1.807, 2.05) is 0 Å². The predicted octanol–water partition coefficient (Wildman–Crippen LogP) is 0.176. The lowest BCUT2D eigenvalue weighted by Gasteiger charge is -2.50. The number of ketones is 2. The number of hydrogen-bond donors (Lipinski definition) is 5. The molecular formula is C24H28N2O8. The number of primary amides is 1. The first-order valence-electron chi connectivity index (χ1n) is 11.1. The van der Waals surface area contributed by atoms with Crippen LogP contribution < -0.4 is 10.5 Å². The molecule has 10 nitrogen and oxygen atoms in total. The number of hydrogen-bond acceptors (Lipinski definition) is 9. The van der Waals surface area contributed by atoms with Crippen LogP contribution >= 0.6 is 0 Å². The lowest BCUT2D eigenvalue weighted by atomic mass is 9.58. The number of Topliss-reactive ketones (excluding diaryl/α,β-unsaturated/α-hetero) is 2. The number of rotatable bonds is 6. The number of nitrogens with two attached hydrogens (primary N) is 1. The van der Waals surface area contributed by atoms with Crippen molar-refractivity contribution >= 4 is 17.5 Å². The molecule has 4 rings (SSSR count). The van der Waals surface area contributed by atoms with E-state index in [0.29, 0.717) is 18.4 Å². The highest BCUT2D eigenvalue weighted by Crippen LogP contribution is 2.52. The summed E-state index contributed by atoms with van der Waals surface area (Å²) in [5, 5.41) is 42.6. The van der Waals surface area contributed by atoms with Crippen LogP contribution in [0.1, 0.15) is 28.8 Å². The van der Waals surface area contributed by atoms with E-state index in [9.17, 15) is 29.7 Å². The number of fused-ring (bicyclic) bond motifs is 3. The highest BCUT2D eigenvalue weighted by atomic mass is 16.5. The molecule has 10 heteroatoms. The third-order valence-corrected chi connectivity index (χ3v) is 7.00. The van der Waals surface area contributed by atoms with Gasteiger partial charge >= 0.3 is 0 Å². The number of nitrogens with zero attached hydrogens (tertiary/aromatic N) is 1. The maximum absolute atomic E-state index is 13.6. The fourth-order valence-corrected chi connectivity index (χ4v) is 5.54. The molecular weight excluding hydrogens is 444 g/mol. The number of aliphatic hydroxyl groups excluding tert-OH is 3. The highest BCUT2D eigenvalue weighted by Gasteiger charge is 2.63. The average Bonchev–Trinajstić information content (AvgIpc) is 2.76. The normalized spacial score (nSPS) is 28.6. The lowest BCUT2D eigenvalue weighted by molar-refractivity contribution is -0.148. The summed E-state index contributed by atoms with van der Waals surface area (Å²) >= 11 is 0. The Morgan fingerprint density at radius 3 is 2.59 bits per heavy atom. The second-order valence-electron chi connectivity index (χ2n) is 9.18. The van der Waals surface area contributed by atoms with Crippen LogP contribution in [0.25, 0.3) is 0 Å². The zero-order valence-electron chi connectivity index (χ0n) is 18.9. The number of carbonyl (C=O) groups excluding carboxylic acids is 3. The van der Waals surface area contributed by atoms with Crippen molar-refractivity contribution in [1.29, 1.82) is 0 Å². The molecule has 0 spiro atoms. The largest absolute Gasteiger partial charge is 0.510 e. The molecule has 1 aromatic carbocycles. The van der Waals surface area contributed by atoms with Crippen molar-refractivity contribution in [3.05, 3.63) is 52.0 Å². The Balaban J connectivity index is 1.87. The topological polar surface area (TPSA) is 171 Å². The minimum Gasteiger partial charge on any atom is -0.510 e. The zero-order valence-corrected chi connectivity index (χ0v) is 18.9. The molecule has 0 saturated carbocycles. The Labute approximate surface area is 195 Å². The summed E-state index contributed by atoms with van der Waals surface area (Å²) in [6.45, 7) is 0.0961. The molecule has 3 aliphatic rings. The van der Waals surface area contributed by atoms with E-state index in [2.05, 4.69) is 0 Å². The van der Waals surface area contributed by atoms with Crippen LogP contribution in [0.15, 0.2) is 40.9 Å². The fourth-order valence-electron chi connectivity index (χ4n) is 5.54. The molecule has 0 heterocycles. The monoisotopic (exact) mass is 472 g/mol. The van der Waals surface area contributed by atoms with Gasteiger partial charge in [0.2, 0.25) is 5.78 Å². The Morgan fingerprint density at radius 1 is 1.26 bits per heavy atom. The zero-order chi connectivity index (χ0) is 24.9. The Kier molecular flexibility index (Phi) is 6.01. The van der Waals surface area contributed by atoms with E-state index in [-0.39, 0.29) is 36.5 Å². The van der Waals surface area contributed by atoms with E-state index in [4.69, 9.17) is 15.6 Å². The standard InChI is InChI=1S/C24H28N2O8/c1-26(2)18-13-10-12-9-11-5-3-6-14(34-8-4-7-27)15(11)19(28)16(12)21(30)24(13,33)22(31)17(20(18)29)23(25)32/h3,5-6,12-13,18,27,29-30,33H,4,7-10H2,1-2H3,(H2,25,32). The first kappa shape index (κ1) is 23.9. The molecule has 0 saturated heterocycles. The summed E-state index contributed by atoms with van der Waals surface area (Å²) in [7, 11) is 3.20. The number of ether oxygens (including phenoxy) is 1. The smallest absolute Gasteiger partial charge is 0.255 e. The number of allylic oxidation sites excluding steroid dienone is 1. The molecule has 6 N–H and O–H groups in total. The summed E-state index contributed by atoms with van der Waals surface area (Å²) in [4.78, 5) is 40.4. The number of carbonyl (C=O) groups is 3. The molecule has 3 aliphatic carbocycles. The van der Waals surface area contributed by atoms with E-state index in [0.717, 1.165) is 0 Å². The molecule has 4 atom stereocenters. The van der Waals surface area contributed by atoms with E-state index >= 15 is 0 Å². The summed E-state index contributed by atoms with van der Waals surface area (Å²) in [6.07, 6.45) is 0.801. The second-order valence-corrected chi connectivity index (χ2v) is 9.18. The van der Waals surface area contributed by atoms with Crippen molar-refractivity contribution < 1.29 is 39.5 Å². The average molecular weight is 472 g/mol. The van der Waals surface area contributed by atoms with Crippen LogP contribution in [-0.4, -0.2) is 81.8 Å². The quantitative estimate of drug-likeness (QED) is 0.286. The molecule has 4 unspecified atom stereocenters. The summed E-state index contributed by atoms with van der Waals surface area (Å²) < 4.78 is 5.67. The van der Waals surface area contributed by atoms with Crippen LogP contribution in [0.5, 0.6) is 5.75 Å². The van der Waals surface area contributed by atoms with E-state index in [1.165, 1.54) is 4.90 Å². The molecule has 1 aromatic rings. The lowest BCUT2D eigenvalue weighted by Crippen LogP contribution is -2.63. The van der Waals surface area contributed by atoms with E-state index < -0.39 is 58.0 Å². The van der Waals surface area contributed by atoms with Crippen molar-refractivity contribution in [1.82, 2.24) is 4.90 Å². The number of likely N-dealkylation sites (N-methyl/N-ethyl adjacent to an activating group) is 1. The van der Waals surface area contributed by atoms with Gasteiger partial charge in [0.25, 0.3) is 5.91 Å². The first-order valence-corrected chi connectivity index (χ1v) is 11.1. The van der Waals surface area contributed by atoms with Crippen molar-refractivity contribution in [3.63, 3.8) is 0 Å². The number of benzene rings is 1. The van der Waals surface area contributed by atoms with Gasteiger partial charge in [0, 0.05) is 24.5 Å². The van der Waals surface area contributed by atoms with Gasteiger partial charge in [-0.3, -0.25) is 19.3 Å². The van der Waals surface area contributed by atoms with Crippen LogP contribution in [0.2, 0.25) is 0 Å². The third kappa shape index (κ3) is 3.32. The second kappa shape index (κ2) is 8.53. The number of aliphatic hydroxyl groups is 4. The van der Waals surface area contributed by atoms with Crippen LogP contribution in [-0.2, 0) is 16.0 Å². The van der Waals surface area contributed by atoms with Crippen LogP contribution in [0.3, 0.4) is 0 Å². The summed E-state index contributed by atoms with van der Waals surface area (Å²) in [5.74, 6) is -5.70. The molecule has 0 fully saturated rings. The van der Waals surface area contributed by atoms with Crippen molar-refractivity contribution in [3.8, 4) is 5.75 Å². The van der Waals surface area contributed by atoms with Gasteiger partial charge in [-0.1, -0.05) is 12.1 Å². The van der Waals surface area contributed by atoms with Gasteiger partial charge in [-0.2, -0.15) is 0 Å². The Bertz CT molecular complexity index is 1140. The van der Waals surface area contributed by atoms with Crippen molar-refractivity contribution in [2.75, 3.05) is 27.3 Å². The van der Waals surface area contributed by atoms with E-state index in [1.54, 1.807) is 32.3 Å². The minimum atomic E-state index is -2.60. The van der Waals surface area contributed by atoms with Crippen LogP contribution in [0.4, 0.5) is 0 Å². The molecule has 0 radical (unpaired) electrons. The Morgan fingerprint density at radius 2 is 1.97 bits per heavy atom. The van der Waals surface area contributed by atoms with Gasteiger partial charge in [0.1, 0.15) is 22.8 Å². The molecule has 34 heavy (non-hydrogen) atoms. The van der Waals surface area contributed by atoms with Gasteiger partial charge in [-0.15, -0.1) is 0 Å². The third-order valence-electron chi connectivity index (χ3n) is 7.00. The molecule has 182 valence electrons. The molecule has 0 bridgehead atoms. The van der Waals surface area contributed by atoms with Crippen LogP contribution in [0, 0.1) is 11.8 Å². The molecule has 1 amide bonds. The summed E-state index contributed by atoms with van der Waals surface area (Å²) in [6, 6.07) is 4.14. The van der Waals surface area contributed by atoms with Gasteiger partial charge in [-0.25, -0.2) is 0 Å². The Hall–Kier alpha value is -3.21. The SMILES string of the molecule is CN(C)C1C(O)=C(C(N)=O)C(=O)C2(O)C(O)=C3C(=O)c4c(cccc4OCCCO)CC3CC12. The highest BCUT2D eigenvalue weighted by molar-refractivity contribution is 6.24. The number of amides is 1.